The van der Waals surface area contributed by atoms with Crippen molar-refractivity contribution in [1.82, 2.24) is 0 Å². The van der Waals surface area contributed by atoms with Crippen LogP contribution < -0.4 is 0 Å². The molecule has 0 aromatic carbocycles. The highest BCUT2D eigenvalue weighted by atomic mass is 16.3. The van der Waals surface area contributed by atoms with Crippen molar-refractivity contribution in [3.05, 3.63) is 24.8 Å². The SMILES string of the molecule is C=CC(O)CC=CCC(C)(C)O. The van der Waals surface area contributed by atoms with Gasteiger partial charge in [-0.3, -0.25) is 0 Å². The van der Waals surface area contributed by atoms with E-state index in [4.69, 9.17) is 5.11 Å². The first kappa shape index (κ1) is 11.4. The molecule has 0 rings (SSSR count). The van der Waals surface area contributed by atoms with E-state index in [1.54, 1.807) is 13.8 Å². The van der Waals surface area contributed by atoms with Crippen molar-refractivity contribution in [3.63, 3.8) is 0 Å². The lowest BCUT2D eigenvalue weighted by molar-refractivity contribution is 0.0837. The van der Waals surface area contributed by atoms with E-state index in [9.17, 15) is 5.11 Å². The lowest BCUT2D eigenvalue weighted by atomic mass is 10.1. The second-order valence-corrected chi connectivity index (χ2v) is 3.53. The molecule has 2 heteroatoms. The number of aliphatic hydroxyl groups excluding tert-OH is 1. The fourth-order valence-corrected chi connectivity index (χ4v) is 0.704. The Morgan fingerprint density at radius 3 is 2.42 bits per heavy atom. The van der Waals surface area contributed by atoms with Crippen molar-refractivity contribution in [2.75, 3.05) is 0 Å². The van der Waals surface area contributed by atoms with Gasteiger partial charge in [0.2, 0.25) is 0 Å². The summed E-state index contributed by atoms with van der Waals surface area (Å²) in [6, 6.07) is 0. The number of rotatable bonds is 5. The van der Waals surface area contributed by atoms with Crippen LogP contribution in [-0.2, 0) is 0 Å². The number of aliphatic hydroxyl groups is 2. The average Bonchev–Trinajstić information content (AvgIpc) is 1.96. The zero-order valence-corrected chi connectivity index (χ0v) is 7.83. The Kier molecular flexibility index (Phi) is 4.86. The third-order valence-corrected chi connectivity index (χ3v) is 1.43. The summed E-state index contributed by atoms with van der Waals surface area (Å²) >= 11 is 0. The van der Waals surface area contributed by atoms with Gasteiger partial charge in [-0.2, -0.15) is 0 Å². The van der Waals surface area contributed by atoms with Gasteiger partial charge in [-0.1, -0.05) is 18.2 Å². The van der Waals surface area contributed by atoms with Crippen molar-refractivity contribution in [2.24, 2.45) is 0 Å². The molecule has 0 heterocycles. The van der Waals surface area contributed by atoms with Gasteiger partial charge in [0.15, 0.2) is 0 Å². The lowest BCUT2D eigenvalue weighted by Gasteiger charge is -2.13. The van der Waals surface area contributed by atoms with E-state index in [0.717, 1.165) is 0 Å². The van der Waals surface area contributed by atoms with E-state index in [-0.39, 0.29) is 0 Å². The number of hydrogen-bond donors (Lipinski definition) is 2. The van der Waals surface area contributed by atoms with Crippen LogP contribution >= 0.6 is 0 Å². The zero-order chi connectivity index (χ0) is 9.61. The summed E-state index contributed by atoms with van der Waals surface area (Å²) in [6.45, 7) is 6.96. The van der Waals surface area contributed by atoms with Gasteiger partial charge in [0, 0.05) is 0 Å². The third-order valence-electron chi connectivity index (χ3n) is 1.43. The van der Waals surface area contributed by atoms with Crippen LogP contribution in [0.1, 0.15) is 26.7 Å². The predicted molar refractivity (Wildman–Crippen MR) is 50.9 cm³/mol. The minimum atomic E-state index is -0.657. The van der Waals surface area contributed by atoms with Gasteiger partial charge >= 0.3 is 0 Å². The normalized spacial score (nSPS) is 15.0. The summed E-state index contributed by atoms with van der Waals surface area (Å²) < 4.78 is 0. The minimum absolute atomic E-state index is 0.469. The highest BCUT2D eigenvalue weighted by molar-refractivity contribution is 4.92. The molecule has 0 saturated heterocycles. The topological polar surface area (TPSA) is 40.5 Å². The summed E-state index contributed by atoms with van der Waals surface area (Å²) in [5, 5.41) is 18.4. The molecule has 2 N–H and O–H groups in total. The molecule has 0 aromatic rings. The summed E-state index contributed by atoms with van der Waals surface area (Å²) in [6.07, 6.45) is 5.92. The molecular formula is C10H18O2. The summed E-state index contributed by atoms with van der Waals surface area (Å²) in [7, 11) is 0. The molecule has 12 heavy (non-hydrogen) atoms. The Morgan fingerprint density at radius 2 is 2.00 bits per heavy atom. The summed E-state index contributed by atoms with van der Waals surface area (Å²) in [5.41, 5.74) is -0.657. The molecule has 0 aliphatic rings. The molecule has 0 bridgehead atoms. The molecule has 70 valence electrons. The molecule has 0 radical (unpaired) electrons. The second kappa shape index (κ2) is 5.12. The van der Waals surface area contributed by atoms with Crippen molar-refractivity contribution in [3.8, 4) is 0 Å². The zero-order valence-electron chi connectivity index (χ0n) is 7.83. The Morgan fingerprint density at radius 1 is 1.42 bits per heavy atom. The van der Waals surface area contributed by atoms with Crippen LogP contribution in [-0.4, -0.2) is 21.9 Å². The van der Waals surface area contributed by atoms with Gasteiger partial charge in [0.1, 0.15) is 0 Å². The van der Waals surface area contributed by atoms with Crippen molar-refractivity contribution in [1.29, 1.82) is 0 Å². The highest BCUT2D eigenvalue weighted by Crippen LogP contribution is 2.08. The maximum atomic E-state index is 9.31. The van der Waals surface area contributed by atoms with Crippen LogP contribution in [0, 0.1) is 0 Å². The molecule has 0 amide bonds. The molecule has 0 aromatic heterocycles. The number of hydrogen-bond acceptors (Lipinski definition) is 2. The van der Waals surface area contributed by atoms with Crippen molar-refractivity contribution < 1.29 is 10.2 Å². The van der Waals surface area contributed by atoms with Crippen LogP contribution in [0.25, 0.3) is 0 Å². The minimum Gasteiger partial charge on any atom is -0.390 e. The summed E-state index contributed by atoms with van der Waals surface area (Å²) in [5.74, 6) is 0. The van der Waals surface area contributed by atoms with Crippen LogP contribution in [0.4, 0.5) is 0 Å². The molecule has 0 aliphatic heterocycles. The van der Waals surface area contributed by atoms with E-state index < -0.39 is 11.7 Å². The molecule has 0 aliphatic carbocycles. The Labute approximate surface area is 74.2 Å². The highest BCUT2D eigenvalue weighted by Gasteiger charge is 2.08. The summed E-state index contributed by atoms with van der Waals surface area (Å²) in [4.78, 5) is 0. The quantitative estimate of drug-likeness (QED) is 0.616. The van der Waals surface area contributed by atoms with E-state index in [1.807, 2.05) is 12.2 Å². The van der Waals surface area contributed by atoms with Crippen LogP contribution in [0.2, 0.25) is 0 Å². The second-order valence-electron chi connectivity index (χ2n) is 3.53. The first-order chi connectivity index (χ1) is 5.45. The van der Waals surface area contributed by atoms with Gasteiger partial charge in [0.25, 0.3) is 0 Å². The first-order valence-corrected chi connectivity index (χ1v) is 4.14. The average molecular weight is 170 g/mol. The van der Waals surface area contributed by atoms with E-state index in [1.165, 1.54) is 6.08 Å². The fourth-order valence-electron chi connectivity index (χ4n) is 0.704. The Balaban J connectivity index is 3.57. The molecule has 2 nitrogen and oxygen atoms in total. The Bertz CT molecular complexity index is 154. The first-order valence-electron chi connectivity index (χ1n) is 4.14. The van der Waals surface area contributed by atoms with Gasteiger partial charge in [-0.15, -0.1) is 6.58 Å². The lowest BCUT2D eigenvalue weighted by Crippen LogP contribution is -2.16. The van der Waals surface area contributed by atoms with Gasteiger partial charge in [0.05, 0.1) is 11.7 Å². The molecule has 1 atom stereocenters. The predicted octanol–water partition coefficient (Wildman–Crippen LogP) is 1.64. The molecule has 0 saturated carbocycles. The van der Waals surface area contributed by atoms with E-state index in [0.29, 0.717) is 12.8 Å². The van der Waals surface area contributed by atoms with Crippen LogP contribution in [0.15, 0.2) is 24.8 Å². The smallest absolute Gasteiger partial charge is 0.0752 e. The third kappa shape index (κ3) is 7.51. The van der Waals surface area contributed by atoms with E-state index in [2.05, 4.69) is 6.58 Å². The van der Waals surface area contributed by atoms with Crippen LogP contribution in [0.5, 0.6) is 0 Å². The molecule has 1 unspecified atom stereocenters. The van der Waals surface area contributed by atoms with Crippen molar-refractivity contribution in [2.45, 2.75) is 38.4 Å². The molecular weight excluding hydrogens is 152 g/mol. The molecule has 0 spiro atoms. The largest absolute Gasteiger partial charge is 0.390 e. The van der Waals surface area contributed by atoms with Crippen molar-refractivity contribution >= 4 is 0 Å². The van der Waals surface area contributed by atoms with Crippen LogP contribution in [0.3, 0.4) is 0 Å². The fraction of sp³-hybridized carbons (Fsp3) is 0.600. The molecule has 0 fully saturated rings. The van der Waals surface area contributed by atoms with Gasteiger partial charge in [-0.05, 0) is 26.7 Å². The maximum Gasteiger partial charge on any atom is 0.0752 e. The van der Waals surface area contributed by atoms with Gasteiger partial charge in [-0.25, -0.2) is 0 Å². The standard InChI is InChI=1S/C10H18O2/c1-4-9(11)7-5-6-8-10(2,3)12/h4-6,9,11-12H,1,7-8H2,2-3H3. The van der Waals surface area contributed by atoms with E-state index >= 15 is 0 Å². The Hall–Kier alpha value is -0.600. The van der Waals surface area contributed by atoms with Gasteiger partial charge < -0.3 is 10.2 Å². The maximum absolute atomic E-state index is 9.31. The monoisotopic (exact) mass is 170 g/mol.